The number of aromatic carboxylic acids is 1. The topological polar surface area (TPSA) is 62.2 Å². The number of anilines is 1. The van der Waals surface area contributed by atoms with Gasteiger partial charge in [0, 0.05) is 24.1 Å². The Morgan fingerprint density at radius 2 is 2.00 bits per heavy atom. The van der Waals surface area contributed by atoms with Crippen molar-refractivity contribution in [3.05, 3.63) is 59.7 Å². The first-order chi connectivity index (χ1) is 9.08. The number of nitrogens with zero attached hydrogens (tertiary/aromatic N) is 1. The second kappa shape index (κ2) is 5.48. The second-order valence-electron chi connectivity index (χ2n) is 4.15. The van der Waals surface area contributed by atoms with E-state index in [1.807, 2.05) is 19.1 Å². The van der Waals surface area contributed by atoms with Crippen LogP contribution in [0.1, 0.15) is 28.9 Å². The molecule has 1 heterocycles. The van der Waals surface area contributed by atoms with Crippen LogP contribution in [0.5, 0.6) is 0 Å². The summed E-state index contributed by atoms with van der Waals surface area (Å²) in [6.07, 6.45) is 3.36. The highest BCUT2D eigenvalue weighted by molar-refractivity contribution is 5.89. The van der Waals surface area contributed by atoms with Crippen LogP contribution in [0.15, 0.2) is 42.7 Å². The number of carboxylic acids is 1. The van der Waals surface area contributed by atoms with E-state index in [-0.39, 0.29) is 11.6 Å². The maximum absolute atomic E-state index is 13.3. The van der Waals surface area contributed by atoms with E-state index in [2.05, 4.69) is 10.3 Å². The molecule has 0 radical (unpaired) electrons. The first-order valence-corrected chi connectivity index (χ1v) is 5.77. The van der Waals surface area contributed by atoms with Gasteiger partial charge in [-0.15, -0.1) is 0 Å². The number of hydrogen-bond acceptors (Lipinski definition) is 3. The van der Waals surface area contributed by atoms with Crippen molar-refractivity contribution in [2.24, 2.45) is 0 Å². The van der Waals surface area contributed by atoms with Crippen molar-refractivity contribution >= 4 is 11.7 Å². The zero-order valence-electron chi connectivity index (χ0n) is 10.3. The van der Waals surface area contributed by atoms with Gasteiger partial charge in [-0.05, 0) is 42.8 Å². The van der Waals surface area contributed by atoms with Gasteiger partial charge in [-0.25, -0.2) is 9.18 Å². The predicted molar refractivity (Wildman–Crippen MR) is 69.6 cm³/mol. The van der Waals surface area contributed by atoms with Gasteiger partial charge < -0.3 is 10.4 Å². The summed E-state index contributed by atoms with van der Waals surface area (Å²) in [5.74, 6) is -2.02. The molecule has 0 aliphatic rings. The SMILES string of the molecule is CC(Nc1ccc(F)c(C(=O)O)c1)c1ccncc1. The van der Waals surface area contributed by atoms with E-state index in [4.69, 9.17) is 5.11 Å². The van der Waals surface area contributed by atoms with Gasteiger partial charge in [0.1, 0.15) is 5.82 Å². The molecule has 19 heavy (non-hydrogen) atoms. The fourth-order valence-corrected chi connectivity index (χ4v) is 1.76. The van der Waals surface area contributed by atoms with Crippen LogP contribution in [-0.2, 0) is 0 Å². The normalized spacial score (nSPS) is 11.9. The fourth-order valence-electron chi connectivity index (χ4n) is 1.76. The van der Waals surface area contributed by atoms with Gasteiger partial charge in [-0.2, -0.15) is 0 Å². The molecule has 1 unspecified atom stereocenters. The standard InChI is InChI=1S/C14H13FN2O2/c1-9(10-4-6-16-7-5-10)17-11-2-3-13(15)12(8-11)14(18)19/h2-9,17H,1H3,(H,18,19). The summed E-state index contributed by atoms with van der Waals surface area (Å²) in [6.45, 7) is 1.93. The highest BCUT2D eigenvalue weighted by Gasteiger charge is 2.12. The zero-order valence-corrected chi connectivity index (χ0v) is 10.3. The van der Waals surface area contributed by atoms with Crippen molar-refractivity contribution in [1.29, 1.82) is 0 Å². The van der Waals surface area contributed by atoms with Crippen LogP contribution >= 0.6 is 0 Å². The van der Waals surface area contributed by atoms with Gasteiger partial charge in [0.2, 0.25) is 0 Å². The van der Waals surface area contributed by atoms with Gasteiger partial charge in [0.15, 0.2) is 0 Å². The second-order valence-corrected chi connectivity index (χ2v) is 4.15. The summed E-state index contributed by atoms with van der Waals surface area (Å²) >= 11 is 0. The molecule has 0 amide bonds. The lowest BCUT2D eigenvalue weighted by atomic mass is 10.1. The van der Waals surface area contributed by atoms with Crippen LogP contribution in [0.25, 0.3) is 0 Å². The number of aromatic nitrogens is 1. The van der Waals surface area contributed by atoms with Crippen molar-refractivity contribution in [2.45, 2.75) is 13.0 Å². The van der Waals surface area contributed by atoms with Crippen molar-refractivity contribution in [3.63, 3.8) is 0 Å². The third-order valence-corrected chi connectivity index (χ3v) is 2.79. The molecule has 0 aliphatic heterocycles. The third-order valence-electron chi connectivity index (χ3n) is 2.79. The molecule has 2 aromatic rings. The molecular weight excluding hydrogens is 247 g/mol. The van der Waals surface area contributed by atoms with Gasteiger partial charge in [0.05, 0.1) is 5.56 Å². The maximum atomic E-state index is 13.3. The lowest BCUT2D eigenvalue weighted by Crippen LogP contribution is -2.08. The molecule has 0 fully saturated rings. The molecular formula is C14H13FN2O2. The maximum Gasteiger partial charge on any atom is 0.338 e. The Balaban J connectivity index is 2.20. The zero-order chi connectivity index (χ0) is 13.8. The Hall–Kier alpha value is -2.43. The van der Waals surface area contributed by atoms with Gasteiger partial charge in [0.25, 0.3) is 0 Å². The molecule has 0 aliphatic carbocycles. The fraction of sp³-hybridized carbons (Fsp3) is 0.143. The lowest BCUT2D eigenvalue weighted by Gasteiger charge is -2.16. The Morgan fingerprint density at radius 3 is 2.63 bits per heavy atom. The van der Waals surface area contributed by atoms with Crippen LogP contribution in [0.4, 0.5) is 10.1 Å². The number of hydrogen-bond donors (Lipinski definition) is 2. The largest absolute Gasteiger partial charge is 0.478 e. The molecule has 98 valence electrons. The molecule has 2 rings (SSSR count). The molecule has 1 atom stereocenters. The lowest BCUT2D eigenvalue weighted by molar-refractivity contribution is 0.0692. The number of carboxylic acid groups (broad SMARTS) is 1. The third kappa shape index (κ3) is 3.07. The first-order valence-electron chi connectivity index (χ1n) is 5.77. The highest BCUT2D eigenvalue weighted by atomic mass is 19.1. The summed E-state index contributed by atoms with van der Waals surface area (Å²) in [5.41, 5.74) is 1.23. The van der Waals surface area contributed by atoms with E-state index in [1.54, 1.807) is 12.4 Å². The number of halogens is 1. The van der Waals surface area contributed by atoms with Crippen LogP contribution in [0, 0.1) is 5.82 Å². The number of benzene rings is 1. The van der Waals surface area contributed by atoms with E-state index in [9.17, 15) is 9.18 Å². The van der Waals surface area contributed by atoms with Crippen LogP contribution in [0.2, 0.25) is 0 Å². The minimum atomic E-state index is -1.28. The van der Waals surface area contributed by atoms with Crippen molar-refractivity contribution < 1.29 is 14.3 Å². The van der Waals surface area contributed by atoms with Crippen LogP contribution in [0.3, 0.4) is 0 Å². The molecule has 0 saturated carbocycles. The van der Waals surface area contributed by atoms with Crippen molar-refractivity contribution in [1.82, 2.24) is 4.98 Å². The van der Waals surface area contributed by atoms with E-state index in [1.165, 1.54) is 12.1 Å². The highest BCUT2D eigenvalue weighted by Crippen LogP contribution is 2.21. The molecule has 2 N–H and O–H groups in total. The van der Waals surface area contributed by atoms with E-state index >= 15 is 0 Å². The van der Waals surface area contributed by atoms with Crippen molar-refractivity contribution in [2.75, 3.05) is 5.32 Å². The van der Waals surface area contributed by atoms with E-state index in [0.29, 0.717) is 5.69 Å². The van der Waals surface area contributed by atoms with E-state index < -0.39 is 11.8 Å². The smallest absolute Gasteiger partial charge is 0.338 e. The Labute approximate surface area is 109 Å². The Morgan fingerprint density at radius 1 is 1.32 bits per heavy atom. The molecule has 4 nitrogen and oxygen atoms in total. The Kier molecular flexibility index (Phi) is 3.75. The minimum absolute atomic E-state index is 0.0323. The van der Waals surface area contributed by atoms with Crippen molar-refractivity contribution in [3.8, 4) is 0 Å². The van der Waals surface area contributed by atoms with Gasteiger partial charge in [-0.1, -0.05) is 0 Å². The quantitative estimate of drug-likeness (QED) is 0.886. The Bertz CT molecular complexity index is 587. The summed E-state index contributed by atoms with van der Waals surface area (Å²) in [4.78, 5) is 14.8. The average Bonchev–Trinajstić information content (AvgIpc) is 2.41. The summed E-state index contributed by atoms with van der Waals surface area (Å²) in [6, 6.07) is 7.63. The van der Waals surface area contributed by atoms with Crippen LogP contribution in [-0.4, -0.2) is 16.1 Å². The van der Waals surface area contributed by atoms with Gasteiger partial charge >= 0.3 is 5.97 Å². The molecule has 0 spiro atoms. The monoisotopic (exact) mass is 260 g/mol. The van der Waals surface area contributed by atoms with Crippen LogP contribution < -0.4 is 5.32 Å². The number of carbonyl (C=O) groups is 1. The molecule has 1 aromatic carbocycles. The summed E-state index contributed by atoms with van der Waals surface area (Å²) < 4.78 is 13.3. The molecule has 0 bridgehead atoms. The molecule has 1 aromatic heterocycles. The average molecular weight is 260 g/mol. The predicted octanol–water partition coefficient (Wildman–Crippen LogP) is 3.09. The number of rotatable bonds is 4. The summed E-state index contributed by atoms with van der Waals surface area (Å²) in [5, 5.41) is 12.0. The molecule has 0 saturated heterocycles. The number of nitrogens with one attached hydrogen (secondary N) is 1. The molecule has 5 heteroatoms. The number of pyridine rings is 1. The summed E-state index contributed by atoms with van der Waals surface area (Å²) in [7, 11) is 0. The van der Waals surface area contributed by atoms with E-state index in [0.717, 1.165) is 11.6 Å². The minimum Gasteiger partial charge on any atom is -0.478 e. The first kappa shape index (κ1) is 13.0. The van der Waals surface area contributed by atoms with Gasteiger partial charge in [-0.3, -0.25) is 4.98 Å².